The van der Waals surface area contributed by atoms with Crippen LogP contribution in [0.3, 0.4) is 0 Å². The van der Waals surface area contributed by atoms with Crippen molar-refractivity contribution in [2.24, 2.45) is 17.8 Å². The van der Waals surface area contributed by atoms with E-state index in [0.717, 1.165) is 52.4 Å². The maximum atomic E-state index is 13.7. The number of carbonyl (C=O) groups excluding carboxylic acids is 5. The summed E-state index contributed by atoms with van der Waals surface area (Å²) >= 11 is 1.07. The number of hydrogen-bond acceptors (Lipinski definition) is 14. The third kappa shape index (κ3) is 10.2. The SMILES string of the molecule is CC(C)[C@H]1C(=O)N2C(C(=O)OC(=O)c3ccc([N+](=O)[O-])cc3)=C(COc3cccc4c(CC[N+](C)(C)CCSC(=N)NC(=O)OC(=O)c5ccc([N+](=O)[O-])cc5)cccc34)[C@H](C)[C@H]12. The third-order valence-electron chi connectivity index (χ3n) is 11.2. The Bertz CT molecular complexity index is 2540. The Morgan fingerprint density at radius 2 is 1.40 bits per heavy atom. The summed E-state index contributed by atoms with van der Waals surface area (Å²) in [7, 11) is 4.09. The second-order valence-corrected chi connectivity index (χ2v) is 17.2. The lowest BCUT2D eigenvalue weighted by Gasteiger charge is -2.47. The fourth-order valence-corrected chi connectivity index (χ4v) is 8.66. The largest absolute Gasteiger partial charge is 0.488 e. The molecule has 0 aliphatic carbocycles. The average Bonchev–Trinajstić information content (AvgIpc) is 3.48. The Hall–Kier alpha value is -6.99. The third-order valence-corrected chi connectivity index (χ3v) is 12.0. The average molecular weight is 882 g/mol. The summed E-state index contributed by atoms with van der Waals surface area (Å²) in [6, 6.07) is 20.5. The van der Waals surface area contributed by atoms with Gasteiger partial charge in [0, 0.05) is 47.6 Å². The van der Waals surface area contributed by atoms with Gasteiger partial charge in [0.05, 0.1) is 65.9 Å². The minimum absolute atomic E-state index is 0.00191. The summed E-state index contributed by atoms with van der Waals surface area (Å²) in [5.74, 6) is -2.89. The van der Waals surface area contributed by atoms with Crippen molar-refractivity contribution in [1.82, 2.24) is 10.2 Å². The second-order valence-electron chi connectivity index (χ2n) is 16.1. The number of hydrogen-bond donors (Lipinski definition) is 2. The highest BCUT2D eigenvalue weighted by Crippen LogP contribution is 2.49. The quantitative estimate of drug-likeness (QED) is 0.0186. The van der Waals surface area contributed by atoms with E-state index in [-0.39, 0.29) is 69.7 Å². The summed E-state index contributed by atoms with van der Waals surface area (Å²) in [5, 5.41) is 33.8. The van der Waals surface area contributed by atoms with Crippen LogP contribution in [0.25, 0.3) is 10.8 Å². The van der Waals surface area contributed by atoms with Crippen LogP contribution in [0.15, 0.2) is 96.2 Å². The zero-order valence-electron chi connectivity index (χ0n) is 35.0. The van der Waals surface area contributed by atoms with E-state index in [9.17, 15) is 44.2 Å². The Morgan fingerprint density at radius 3 is 1.98 bits per heavy atom. The molecule has 2 N–H and O–H groups in total. The molecular formula is C44H45N6O12S+. The van der Waals surface area contributed by atoms with Gasteiger partial charge in [-0.3, -0.25) is 35.7 Å². The van der Waals surface area contributed by atoms with Crippen LogP contribution in [-0.2, 0) is 25.5 Å². The molecule has 4 aromatic carbocycles. The number of nitrogens with zero attached hydrogens (tertiary/aromatic N) is 4. The van der Waals surface area contributed by atoms with Gasteiger partial charge in [-0.05, 0) is 47.2 Å². The number of ether oxygens (including phenoxy) is 3. The molecule has 0 radical (unpaired) electrons. The molecule has 1 fully saturated rings. The molecule has 0 aromatic heterocycles. The van der Waals surface area contributed by atoms with E-state index in [0.29, 0.717) is 41.1 Å². The molecule has 63 heavy (non-hydrogen) atoms. The van der Waals surface area contributed by atoms with E-state index >= 15 is 0 Å². The molecule has 18 nitrogen and oxygen atoms in total. The number of amides is 2. The van der Waals surface area contributed by atoms with Crippen LogP contribution in [0.2, 0.25) is 0 Å². The van der Waals surface area contributed by atoms with Crippen LogP contribution >= 0.6 is 11.8 Å². The number of β-lactam (4-membered cyclic amide) rings is 1. The standard InChI is InChI=1S/C44H44N6O12S/c1-25(2)36-37-26(3)34(38(47(37)39(36)51)42(54)61-40(52)28-12-16-30(17-13-28)48(56)57)24-60-35-11-7-9-32-27(8-6-10-33(32)35)20-21-50(4,5)22-23-63-43(45)46-44(55)62-41(53)29-14-18-31(19-15-29)49(58)59/h6-19,25-26,36-37H,20-24H2,1-5H3,(H-,45,46,55)/p+1/t26-,36+,37+/m0/s1. The van der Waals surface area contributed by atoms with E-state index in [2.05, 4.69) is 5.32 Å². The highest BCUT2D eigenvalue weighted by Gasteiger charge is 2.59. The first kappa shape index (κ1) is 45.5. The van der Waals surface area contributed by atoms with Crippen LogP contribution < -0.4 is 10.1 Å². The molecule has 19 heteroatoms. The Morgan fingerprint density at radius 1 is 0.825 bits per heavy atom. The number of nitro benzene ring substituents is 2. The summed E-state index contributed by atoms with van der Waals surface area (Å²) in [4.78, 5) is 86.7. The number of nitrogens with one attached hydrogen (secondary N) is 2. The molecule has 2 aliphatic rings. The van der Waals surface area contributed by atoms with Crippen LogP contribution in [0.1, 0.15) is 47.1 Å². The summed E-state index contributed by atoms with van der Waals surface area (Å²) < 4.78 is 17.0. The van der Waals surface area contributed by atoms with Gasteiger partial charge < -0.3 is 23.6 Å². The highest BCUT2D eigenvalue weighted by molar-refractivity contribution is 8.13. The number of likely N-dealkylation sites (N-methyl/N-ethyl adjacent to an activating group) is 1. The lowest BCUT2D eigenvalue weighted by atomic mass is 9.74. The van der Waals surface area contributed by atoms with Gasteiger partial charge in [-0.15, -0.1) is 0 Å². The van der Waals surface area contributed by atoms with Crippen molar-refractivity contribution in [3.05, 3.63) is 133 Å². The number of rotatable bonds is 15. The van der Waals surface area contributed by atoms with Crippen molar-refractivity contribution >= 4 is 69.0 Å². The molecule has 328 valence electrons. The number of nitro groups is 2. The van der Waals surface area contributed by atoms with E-state index in [1.54, 1.807) is 0 Å². The van der Waals surface area contributed by atoms with E-state index in [1.807, 2.05) is 71.3 Å². The van der Waals surface area contributed by atoms with Crippen molar-refractivity contribution in [3.63, 3.8) is 0 Å². The molecule has 4 aromatic rings. The predicted molar refractivity (Wildman–Crippen MR) is 231 cm³/mol. The maximum absolute atomic E-state index is 13.7. The van der Waals surface area contributed by atoms with Gasteiger partial charge in [-0.1, -0.05) is 62.9 Å². The minimum Gasteiger partial charge on any atom is -0.488 e. The number of benzene rings is 4. The first-order valence-corrected chi connectivity index (χ1v) is 20.9. The molecule has 3 atom stereocenters. The Balaban J connectivity index is 1.07. The van der Waals surface area contributed by atoms with Crippen molar-refractivity contribution in [1.29, 1.82) is 5.41 Å². The number of quaternary nitrogens is 1. The molecule has 2 heterocycles. The van der Waals surface area contributed by atoms with Gasteiger partial charge in [0.2, 0.25) is 5.91 Å². The molecule has 2 amide bonds. The van der Waals surface area contributed by atoms with Crippen LogP contribution in [0.5, 0.6) is 5.75 Å². The molecular weight excluding hydrogens is 837 g/mol. The number of fused-ring (bicyclic) bond motifs is 2. The van der Waals surface area contributed by atoms with Gasteiger partial charge in [0.25, 0.3) is 11.4 Å². The number of amidine groups is 1. The molecule has 0 unspecified atom stereocenters. The Labute approximate surface area is 365 Å². The fraction of sp³-hybridized carbons (Fsp3) is 0.318. The van der Waals surface area contributed by atoms with Crippen molar-refractivity contribution in [3.8, 4) is 5.75 Å². The zero-order chi connectivity index (χ0) is 45.7. The topological polar surface area (TPSA) is 238 Å². The van der Waals surface area contributed by atoms with Crippen LogP contribution in [-0.4, -0.2) is 99.9 Å². The van der Waals surface area contributed by atoms with Gasteiger partial charge in [0.15, 0.2) is 5.17 Å². The summed E-state index contributed by atoms with van der Waals surface area (Å²) in [6.07, 6.45) is -0.462. The lowest BCUT2D eigenvalue weighted by molar-refractivity contribution is -0.887. The summed E-state index contributed by atoms with van der Waals surface area (Å²) in [5.41, 5.74) is 0.961. The highest BCUT2D eigenvalue weighted by atomic mass is 32.2. The molecule has 6 rings (SSSR count). The van der Waals surface area contributed by atoms with Crippen molar-refractivity contribution < 1.29 is 52.5 Å². The number of esters is 3. The van der Waals surface area contributed by atoms with Gasteiger partial charge in [-0.25, -0.2) is 19.2 Å². The zero-order valence-corrected chi connectivity index (χ0v) is 35.8. The normalized spacial score (nSPS) is 16.9. The smallest absolute Gasteiger partial charge is 0.421 e. The van der Waals surface area contributed by atoms with Gasteiger partial charge in [-0.2, -0.15) is 0 Å². The Kier molecular flexibility index (Phi) is 13.7. The number of thioether (sulfide) groups is 1. The minimum atomic E-state index is -1.14. The van der Waals surface area contributed by atoms with E-state index in [1.165, 1.54) is 29.2 Å². The first-order valence-electron chi connectivity index (χ1n) is 19.9. The molecule has 1 saturated heterocycles. The monoisotopic (exact) mass is 881 g/mol. The van der Waals surface area contributed by atoms with Crippen LogP contribution in [0, 0.1) is 43.4 Å². The first-order chi connectivity index (χ1) is 29.9. The molecule has 0 bridgehead atoms. The number of non-ortho nitro benzene ring substituents is 2. The van der Waals surface area contributed by atoms with E-state index < -0.39 is 33.8 Å². The van der Waals surface area contributed by atoms with Gasteiger partial charge in [0.1, 0.15) is 18.1 Å². The maximum Gasteiger partial charge on any atom is 0.421 e. The van der Waals surface area contributed by atoms with E-state index in [4.69, 9.17) is 19.6 Å². The van der Waals surface area contributed by atoms with Gasteiger partial charge >= 0.3 is 24.0 Å². The molecule has 0 spiro atoms. The fourth-order valence-electron chi connectivity index (χ4n) is 7.71. The molecule has 2 aliphatic heterocycles. The van der Waals surface area contributed by atoms with Crippen molar-refractivity contribution in [2.45, 2.75) is 33.2 Å². The number of carbonyl (C=O) groups is 5. The number of alkyl carbamates (subject to hydrolysis) is 1. The molecule has 0 saturated carbocycles. The second kappa shape index (κ2) is 19.0. The lowest BCUT2D eigenvalue weighted by Crippen LogP contribution is -2.62. The van der Waals surface area contributed by atoms with Crippen LogP contribution in [0.4, 0.5) is 16.2 Å². The predicted octanol–water partition coefficient (Wildman–Crippen LogP) is 6.66. The van der Waals surface area contributed by atoms with Crippen molar-refractivity contribution in [2.75, 3.05) is 39.5 Å². The summed E-state index contributed by atoms with van der Waals surface area (Å²) in [6.45, 7) is 7.07.